The zero-order chi connectivity index (χ0) is 15.7. The van der Waals surface area contributed by atoms with E-state index in [4.69, 9.17) is 4.74 Å². The molecule has 1 unspecified atom stereocenters. The first-order valence-electron chi connectivity index (χ1n) is 8.42. The van der Waals surface area contributed by atoms with Crippen LogP contribution in [-0.2, 0) is 14.9 Å². The Morgan fingerprint density at radius 1 is 1.23 bits per heavy atom. The van der Waals surface area contributed by atoms with E-state index in [1.165, 1.54) is 5.56 Å². The Labute approximate surface area is 133 Å². The molecule has 22 heavy (non-hydrogen) atoms. The molecule has 0 radical (unpaired) electrons. The number of hydrogen-bond acceptors (Lipinski definition) is 3. The molecule has 3 aliphatic heterocycles. The number of benzene rings is 1. The van der Waals surface area contributed by atoms with E-state index < -0.39 is 0 Å². The molecule has 4 heteroatoms. The van der Waals surface area contributed by atoms with Crippen LogP contribution in [0, 0.1) is 0 Å². The molecule has 1 atom stereocenters. The zero-order valence-corrected chi connectivity index (χ0v) is 13.8. The molecule has 0 aromatic heterocycles. The zero-order valence-electron chi connectivity index (χ0n) is 13.8. The standard InChI is InChI=1S/C16H20N2O2.C2H6/c1-17-8-6-16(7-9-17)13-4-2-3-5-14(13)18(15(16)19)10-12-11-20-12;1-2/h2-5,12H,6-11H2,1H3;1-2H3. The van der Waals surface area contributed by atoms with Gasteiger partial charge in [-0.05, 0) is 44.6 Å². The molecule has 3 aliphatic rings. The molecular formula is C18H26N2O2. The van der Waals surface area contributed by atoms with Gasteiger partial charge in [0.2, 0.25) is 5.91 Å². The van der Waals surface area contributed by atoms with E-state index in [1.54, 1.807) is 0 Å². The third kappa shape index (κ3) is 2.44. The van der Waals surface area contributed by atoms with Crippen molar-refractivity contribution in [1.82, 2.24) is 4.90 Å². The van der Waals surface area contributed by atoms with Crippen molar-refractivity contribution >= 4 is 11.6 Å². The number of carbonyl (C=O) groups is 1. The molecule has 1 aromatic carbocycles. The van der Waals surface area contributed by atoms with Gasteiger partial charge in [0.25, 0.3) is 0 Å². The summed E-state index contributed by atoms with van der Waals surface area (Å²) in [6, 6.07) is 8.32. The second-order valence-electron chi connectivity index (χ2n) is 6.27. The molecule has 1 amide bonds. The van der Waals surface area contributed by atoms with Crippen molar-refractivity contribution in [3.63, 3.8) is 0 Å². The van der Waals surface area contributed by atoms with Gasteiger partial charge < -0.3 is 14.5 Å². The van der Waals surface area contributed by atoms with Gasteiger partial charge in [-0.15, -0.1) is 0 Å². The summed E-state index contributed by atoms with van der Waals surface area (Å²) in [5.74, 6) is 0.294. The summed E-state index contributed by atoms with van der Waals surface area (Å²) in [5.41, 5.74) is 2.06. The predicted octanol–water partition coefficient (Wildman–Crippen LogP) is 2.42. The molecule has 4 rings (SSSR count). The Balaban J connectivity index is 0.000000693. The first-order valence-corrected chi connectivity index (χ1v) is 8.42. The molecule has 0 N–H and O–H groups in total. The van der Waals surface area contributed by atoms with Crippen molar-refractivity contribution in [2.24, 2.45) is 0 Å². The molecule has 120 valence electrons. The Kier molecular flexibility index (Phi) is 4.24. The lowest BCUT2D eigenvalue weighted by atomic mass is 9.74. The fourth-order valence-corrected chi connectivity index (χ4v) is 3.64. The molecule has 4 nitrogen and oxygen atoms in total. The van der Waals surface area contributed by atoms with E-state index in [0.717, 1.165) is 38.2 Å². The lowest BCUT2D eigenvalue weighted by molar-refractivity contribution is -0.124. The van der Waals surface area contributed by atoms with Crippen LogP contribution in [0.4, 0.5) is 5.69 Å². The quantitative estimate of drug-likeness (QED) is 0.787. The molecule has 3 heterocycles. The van der Waals surface area contributed by atoms with Crippen LogP contribution in [0.5, 0.6) is 0 Å². The van der Waals surface area contributed by atoms with E-state index in [2.05, 4.69) is 30.1 Å². The third-order valence-corrected chi connectivity index (χ3v) is 4.99. The van der Waals surface area contributed by atoms with Gasteiger partial charge in [0.05, 0.1) is 24.7 Å². The highest BCUT2D eigenvalue weighted by Crippen LogP contribution is 2.48. The normalized spacial score (nSPS) is 25.7. The van der Waals surface area contributed by atoms with Crippen LogP contribution < -0.4 is 4.90 Å². The van der Waals surface area contributed by atoms with Gasteiger partial charge in [-0.1, -0.05) is 32.0 Å². The van der Waals surface area contributed by atoms with Crippen molar-refractivity contribution in [3.8, 4) is 0 Å². The van der Waals surface area contributed by atoms with Crippen LogP contribution in [0.3, 0.4) is 0 Å². The monoisotopic (exact) mass is 302 g/mol. The molecule has 0 saturated carbocycles. The van der Waals surface area contributed by atoms with Crippen LogP contribution in [-0.4, -0.2) is 50.2 Å². The highest BCUT2D eigenvalue weighted by Gasteiger charge is 2.52. The number of epoxide rings is 1. The summed E-state index contributed by atoms with van der Waals surface area (Å²) in [6.07, 6.45) is 2.11. The lowest BCUT2D eigenvalue weighted by Gasteiger charge is -2.36. The number of anilines is 1. The topological polar surface area (TPSA) is 36.1 Å². The van der Waals surface area contributed by atoms with Gasteiger partial charge in [0, 0.05) is 5.69 Å². The Hall–Kier alpha value is -1.39. The van der Waals surface area contributed by atoms with Crippen molar-refractivity contribution in [3.05, 3.63) is 29.8 Å². The number of piperidine rings is 1. The minimum Gasteiger partial charge on any atom is -0.371 e. The minimum atomic E-state index is -0.280. The minimum absolute atomic E-state index is 0.244. The number of likely N-dealkylation sites (tertiary alicyclic amines) is 1. The first kappa shape index (κ1) is 15.5. The summed E-state index contributed by atoms with van der Waals surface area (Å²) >= 11 is 0. The van der Waals surface area contributed by atoms with E-state index in [1.807, 2.05) is 24.8 Å². The Bertz CT molecular complexity index is 546. The highest BCUT2D eigenvalue weighted by molar-refractivity contribution is 6.08. The SMILES string of the molecule is CC.CN1CCC2(CC1)C(=O)N(CC1CO1)c1ccccc12. The van der Waals surface area contributed by atoms with Crippen molar-refractivity contribution in [2.45, 2.75) is 38.2 Å². The first-order chi connectivity index (χ1) is 10.7. The van der Waals surface area contributed by atoms with Gasteiger partial charge in [-0.3, -0.25) is 4.79 Å². The van der Waals surface area contributed by atoms with Crippen molar-refractivity contribution < 1.29 is 9.53 Å². The smallest absolute Gasteiger partial charge is 0.237 e. The van der Waals surface area contributed by atoms with Crippen LogP contribution in [0.1, 0.15) is 32.3 Å². The Morgan fingerprint density at radius 2 is 1.86 bits per heavy atom. The van der Waals surface area contributed by atoms with E-state index in [-0.39, 0.29) is 11.5 Å². The highest BCUT2D eigenvalue weighted by atomic mass is 16.6. The fourth-order valence-electron chi connectivity index (χ4n) is 3.64. The summed E-state index contributed by atoms with van der Waals surface area (Å²) in [6.45, 7) is 7.50. The number of rotatable bonds is 2. The molecule has 0 aliphatic carbocycles. The number of nitrogens with zero attached hydrogens (tertiary/aromatic N) is 2. The van der Waals surface area contributed by atoms with Gasteiger partial charge in [0.1, 0.15) is 0 Å². The van der Waals surface area contributed by atoms with Crippen LogP contribution in [0.2, 0.25) is 0 Å². The third-order valence-electron chi connectivity index (χ3n) is 4.99. The average Bonchev–Trinajstić information content (AvgIpc) is 3.36. The van der Waals surface area contributed by atoms with Crippen LogP contribution >= 0.6 is 0 Å². The molecule has 2 fully saturated rings. The van der Waals surface area contributed by atoms with Crippen LogP contribution in [0.25, 0.3) is 0 Å². The molecule has 1 spiro atoms. The molecule has 2 saturated heterocycles. The fraction of sp³-hybridized carbons (Fsp3) is 0.611. The number of ether oxygens (including phenoxy) is 1. The number of hydrogen-bond donors (Lipinski definition) is 0. The maximum absolute atomic E-state index is 13.1. The Morgan fingerprint density at radius 3 is 2.50 bits per heavy atom. The average molecular weight is 302 g/mol. The van der Waals surface area contributed by atoms with E-state index in [9.17, 15) is 4.79 Å². The number of amides is 1. The predicted molar refractivity (Wildman–Crippen MR) is 88.3 cm³/mol. The van der Waals surface area contributed by atoms with Gasteiger partial charge >= 0.3 is 0 Å². The van der Waals surface area contributed by atoms with E-state index >= 15 is 0 Å². The summed E-state index contributed by atoms with van der Waals surface area (Å²) in [4.78, 5) is 17.3. The van der Waals surface area contributed by atoms with Crippen LogP contribution in [0.15, 0.2) is 24.3 Å². The molecule has 0 bridgehead atoms. The molecule has 1 aromatic rings. The second kappa shape index (κ2) is 6.01. The molecular weight excluding hydrogens is 276 g/mol. The summed E-state index contributed by atoms with van der Waals surface area (Å²) < 4.78 is 5.32. The largest absolute Gasteiger partial charge is 0.371 e. The summed E-state index contributed by atoms with van der Waals surface area (Å²) in [5, 5.41) is 0. The van der Waals surface area contributed by atoms with Crippen molar-refractivity contribution in [2.75, 3.05) is 38.2 Å². The summed E-state index contributed by atoms with van der Waals surface area (Å²) in [7, 11) is 2.13. The van der Waals surface area contributed by atoms with Crippen molar-refractivity contribution in [1.29, 1.82) is 0 Å². The van der Waals surface area contributed by atoms with Gasteiger partial charge in [-0.25, -0.2) is 0 Å². The van der Waals surface area contributed by atoms with Gasteiger partial charge in [0.15, 0.2) is 0 Å². The van der Waals surface area contributed by atoms with Gasteiger partial charge in [-0.2, -0.15) is 0 Å². The maximum atomic E-state index is 13.1. The number of para-hydroxylation sites is 1. The lowest BCUT2D eigenvalue weighted by Crippen LogP contribution is -2.48. The number of carbonyl (C=O) groups excluding carboxylic acids is 1. The maximum Gasteiger partial charge on any atom is 0.237 e. The number of fused-ring (bicyclic) bond motifs is 2. The second-order valence-corrected chi connectivity index (χ2v) is 6.27. The van der Waals surface area contributed by atoms with E-state index in [0.29, 0.717) is 12.5 Å².